The number of ether oxygens (including phenoxy) is 1. The Kier molecular flexibility index (Phi) is 8.40. The zero-order valence-corrected chi connectivity index (χ0v) is 23.2. The van der Waals surface area contributed by atoms with E-state index in [-0.39, 0.29) is 26.9 Å². The molecule has 0 spiro atoms. The topological polar surface area (TPSA) is 122 Å². The van der Waals surface area contributed by atoms with Gasteiger partial charge in [0, 0.05) is 17.4 Å². The lowest BCUT2D eigenvalue weighted by Gasteiger charge is -2.24. The molecule has 0 aromatic heterocycles. The van der Waals surface area contributed by atoms with Gasteiger partial charge in [0.1, 0.15) is 18.1 Å². The molecule has 1 amide bonds. The molecular weight excluding hydrogens is 557 g/mol. The minimum absolute atomic E-state index is 0.0110. The highest BCUT2D eigenvalue weighted by molar-refractivity contribution is 7.93. The Morgan fingerprint density at radius 1 is 0.825 bits per heavy atom. The monoisotopic (exact) mass is 583 g/mol. The number of halogens is 1. The molecule has 9 nitrogen and oxygen atoms in total. The van der Waals surface area contributed by atoms with E-state index in [0.717, 1.165) is 22.0 Å². The summed E-state index contributed by atoms with van der Waals surface area (Å²) in [4.78, 5) is 12.9. The van der Waals surface area contributed by atoms with E-state index in [1.165, 1.54) is 61.7 Å². The molecule has 0 aliphatic rings. The molecule has 0 radical (unpaired) electrons. The van der Waals surface area contributed by atoms with Crippen LogP contribution in [0, 0.1) is 12.7 Å². The van der Waals surface area contributed by atoms with E-state index in [1.807, 2.05) is 6.92 Å². The zero-order chi connectivity index (χ0) is 28.9. The van der Waals surface area contributed by atoms with Crippen LogP contribution in [0.15, 0.2) is 107 Å². The lowest BCUT2D eigenvalue weighted by atomic mass is 10.2. The summed E-state index contributed by atoms with van der Waals surface area (Å²) in [5.74, 6) is -0.744. The maximum Gasteiger partial charge on any atom is 0.264 e. The van der Waals surface area contributed by atoms with Crippen LogP contribution < -0.4 is 19.1 Å². The predicted molar refractivity (Wildman–Crippen MR) is 151 cm³/mol. The summed E-state index contributed by atoms with van der Waals surface area (Å²) < 4.78 is 74.1. The molecule has 0 saturated carbocycles. The number of amides is 1. The molecule has 0 aliphatic carbocycles. The van der Waals surface area contributed by atoms with Gasteiger partial charge in [-0.1, -0.05) is 23.8 Å². The Balaban J connectivity index is 1.54. The third-order valence-corrected chi connectivity index (χ3v) is 8.97. The first kappa shape index (κ1) is 28.6. The number of sulfonamides is 2. The van der Waals surface area contributed by atoms with Crippen LogP contribution in [0.2, 0.25) is 0 Å². The van der Waals surface area contributed by atoms with Crippen molar-refractivity contribution >= 4 is 43.0 Å². The van der Waals surface area contributed by atoms with Crippen LogP contribution in [0.5, 0.6) is 5.75 Å². The maximum absolute atomic E-state index is 13.6. The molecule has 40 heavy (non-hydrogen) atoms. The lowest BCUT2D eigenvalue weighted by Crippen LogP contribution is -2.38. The molecule has 4 aromatic rings. The number of carbonyl (C=O) groups is 1. The van der Waals surface area contributed by atoms with Crippen molar-refractivity contribution in [1.29, 1.82) is 0 Å². The van der Waals surface area contributed by atoms with E-state index in [1.54, 1.807) is 30.3 Å². The van der Waals surface area contributed by atoms with Crippen molar-refractivity contribution in [2.45, 2.75) is 16.7 Å². The molecule has 0 unspecified atom stereocenters. The summed E-state index contributed by atoms with van der Waals surface area (Å²) in [5.41, 5.74) is 1.54. The largest absolute Gasteiger partial charge is 0.497 e. The number of nitrogens with zero attached hydrogens (tertiary/aromatic N) is 1. The second-order valence-corrected chi connectivity index (χ2v) is 12.3. The van der Waals surface area contributed by atoms with Gasteiger partial charge in [-0.25, -0.2) is 21.2 Å². The molecule has 0 atom stereocenters. The number of hydrogen-bond donors (Lipinski definition) is 2. The quantitative estimate of drug-likeness (QED) is 0.277. The van der Waals surface area contributed by atoms with Crippen molar-refractivity contribution in [2.24, 2.45) is 0 Å². The summed E-state index contributed by atoms with van der Waals surface area (Å²) in [6.45, 7) is 1.27. The molecule has 0 heterocycles. The average Bonchev–Trinajstić information content (AvgIpc) is 2.93. The van der Waals surface area contributed by atoms with Crippen molar-refractivity contribution in [3.8, 4) is 5.75 Å². The minimum atomic E-state index is -4.14. The fraction of sp³-hybridized carbons (Fsp3) is 0.107. The van der Waals surface area contributed by atoms with Crippen LogP contribution in [0.3, 0.4) is 0 Å². The number of benzene rings is 4. The third kappa shape index (κ3) is 6.77. The Morgan fingerprint density at radius 2 is 1.43 bits per heavy atom. The SMILES string of the molecule is COc1cccc(N(CC(=O)Nc2ccc(S(=O)(=O)Nc3ccc(F)cc3)cc2)S(=O)(=O)c2ccc(C)cc2)c1. The summed E-state index contributed by atoms with van der Waals surface area (Å²) in [5, 5.41) is 2.60. The van der Waals surface area contributed by atoms with Gasteiger partial charge < -0.3 is 10.1 Å². The summed E-state index contributed by atoms with van der Waals surface area (Å²) >= 11 is 0. The first-order valence-electron chi connectivity index (χ1n) is 11.9. The smallest absolute Gasteiger partial charge is 0.264 e. The summed E-state index contributed by atoms with van der Waals surface area (Å²) in [7, 11) is -6.66. The van der Waals surface area contributed by atoms with E-state index in [2.05, 4.69) is 10.0 Å². The number of aryl methyl sites for hydroxylation is 1. The first-order chi connectivity index (χ1) is 19.0. The van der Waals surface area contributed by atoms with Gasteiger partial charge in [0.25, 0.3) is 20.0 Å². The van der Waals surface area contributed by atoms with Crippen molar-refractivity contribution in [1.82, 2.24) is 0 Å². The molecule has 0 saturated heterocycles. The predicted octanol–water partition coefficient (Wildman–Crippen LogP) is 4.78. The van der Waals surface area contributed by atoms with E-state index in [0.29, 0.717) is 5.75 Å². The second kappa shape index (κ2) is 11.8. The Morgan fingerprint density at radius 3 is 2.05 bits per heavy atom. The average molecular weight is 584 g/mol. The lowest BCUT2D eigenvalue weighted by molar-refractivity contribution is -0.114. The number of nitrogens with one attached hydrogen (secondary N) is 2. The van der Waals surface area contributed by atoms with Crippen LogP contribution in [-0.2, 0) is 24.8 Å². The van der Waals surface area contributed by atoms with Crippen LogP contribution in [0.25, 0.3) is 0 Å². The van der Waals surface area contributed by atoms with Gasteiger partial charge in [-0.2, -0.15) is 0 Å². The van der Waals surface area contributed by atoms with Crippen LogP contribution in [0.1, 0.15) is 5.56 Å². The highest BCUT2D eigenvalue weighted by Gasteiger charge is 2.27. The minimum Gasteiger partial charge on any atom is -0.497 e. The maximum atomic E-state index is 13.6. The molecule has 4 aromatic carbocycles. The normalized spacial score (nSPS) is 11.5. The number of methoxy groups -OCH3 is 1. The summed E-state index contributed by atoms with van der Waals surface area (Å²) in [6.07, 6.45) is 0. The highest BCUT2D eigenvalue weighted by Crippen LogP contribution is 2.27. The van der Waals surface area contributed by atoms with E-state index in [9.17, 15) is 26.0 Å². The molecule has 0 bridgehead atoms. The first-order valence-corrected chi connectivity index (χ1v) is 14.8. The number of hydrogen-bond acceptors (Lipinski definition) is 6. The molecular formula is C28H26FN3O6S2. The van der Waals surface area contributed by atoms with Crippen molar-refractivity contribution in [3.05, 3.63) is 108 Å². The van der Waals surface area contributed by atoms with Crippen molar-refractivity contribution in [3.63, 3.8) is 0 Å². The van der Waals surface area contributed by atoms with Gasteiger partial charge in [0.2, 0.25) is 5.91 Å². The van der Waals surface area contributed by atoms with Gasteiger partial charge in [0.05, 0.1) is 22.6 Å². The highest BCUT2D eigenvalue weighted by atomic mass is 32.2. The van der Waals surface area contributed by atoms with Crippen LogP contribution in [-0.4, -0.2) is 36.4 Å². The fourth-order valence-corrected chi connectivity index (χ4v) is 6.17. The fourth-order valence-electron chi connectivity index (χ4n) is 3.70. The standard InChI is InChI=1S/C28H26FN3O6S2/c1-20-6-14-27(15-7-20)40(36,37)32(24-4-3-5-25(18-24)38-2)19-28(33)30-22-12-16-26(17-13-22)39(34,35)31-23-10-8-21(29)9-11-23/h3-18,31H,19H2,1-2H3,(H,30,33). The Bertz CT molecular complexity index is 1710. The number of anilines is 3. The molecule has 4 rings (SSSR count). The number of carbonyl (C=O) groups excluding carboxylic acids is 1. The number of rotatable bonds is 10. The van der Waals surface area contributed by atoms with Crippen molar-refractivity contribution in [2.75, 3.05) is 28.0 Å². The van der Waals surface area contributed by atoms with Crippen molar-refractivity contribution < 1.29 is 30.8 Å². The molecule has 12 heteroatoms. The van der Waals surface area contributed by atoms with Gasteiger partial charge >= 0.3 is 0 Å². The molecule has 2 N–H and O–H groups in total. The summed E-state index contributed by atoms with van der Waals surface area (Å²) in [6, 6.07) is 22.7. The molecule has 0 fully saturated rings. The Hall–Kier alpha value is -4.42. The van der Waals surface area contributed by atoms with Crippen LogP contribution in [0.4, 0.5) is 21.5 Å². The van der Waals surface area contributed by atoms with Crippen LogP contribution >= 0.6 is 0 Å². The molecule has 208 valence electrons. The van der Waals surface area contributed by atoms with Gasteiger partial charge in [0.15, 0.2) is 0 Å². The third-order valence-electron chi connectivity index (χ3n) is 5.78. The van der Waals surface area contributed by atoms with Gasteiger partial charge in [-0.3, -0.25) is 13.8 Å². The Labute approximate surface area is 232 Å². The van der Waals surface area contributed by atoms with E-state index >= 15 is 0 Å². The molecule has 0 aliphatic heterocycles. The van der Waals surface area contributed by atoms with E-state index in [4.69, 9.17) is 4.74 Å². The van der Waals surface area contributed by atoms with E-state index < -0.39 is 38.3 Å². The van der Waals surface area contributed by atoms with Gasteiger partial charge in [-0.05, 0) is 79.7 Å². The zero-order valence-electron chi connectivity index (χ0n) is 21.5. The van der Waals surface area contributed by atoms with Gasteiger partial charge in [-0.15, -0.1) is 0 Å². The second-order valence-electron chi connectivity index (χ2n) is 8.71.